The van der Waals surface area contributed by atoms with E-state index in [1.165, 1.54) is 30.6 Å². The Balaban J connectivity index is 1.35. The van der Waals surface area contributed by atoms with Crippen molar-refractivity contribution in [3.05, 3.63) is 51.1 Å². The van der Waals surface area contributed by atoms with Crippen molar-refractivity contribution >= 4 is 60.7 Å². The van der Waals surface area contributed by atoms with Crippen molar-refractivity contribution in [2.45, 2.75) is 50.6 Å². The number of nitrogens with zero attached hydrogens (tertiary/aromatic N) is 4. The van der Waals surface area contributed by atoms with Crippen molar-refractivity contribution < 1.29 is 4.79 Å². The van der Waals surface area contributed by atoms with Gasteiger partial charge in [-0.15, -0.1) is 11.3 Å². The minimum Gasteiger partial charge on any atom is -0.370 e. The van der Waals surface area contributed by atoms with Crippen LogP contribution in [0.3, 0.4) is 0 Å². The number of carbonyl (C=O) groups is 1. The van der Waals surface area contributed by atoms with Gasteiger partial charge < -0.3 is 20.4 Å². The molecule has 1 aromatic carbocycles. The molecule has 2 unspecified atom stereocenters. The highest BCUT2D eigenvalue weighted by Gasteiger charge is 2.25. The number of anilines is 1. The number of benzene rings is 1. The first-order valence-corrected chi connectivity index (χ1v) is 15.1. The zero-order chi connectivity index (χ0) is 27.1. The molecule has 3 aromatic heterocycles. The van der Waals surface area contributed by atoms with Gasteiger partial charge in [-0.2, -0.15) is 0 Å². The van der Waals surface area contributed by atoms with E-state index < -0.39 is 0 Å². The second kappa shape index (κ2) is 11.0. The number of hydrogen-bond acceptors (Lipinski definition) is 7. The molecule has 0 spiro atoms. The minimum atomic E-state index is -0.333. The third-order valence-corrected chi connectivity index (χ3v) is 9.84. The Morgan fingerprint density at radius 3 is 2.46 bits per heavy atom. The molecule has 0 bridgehead atoms. The van der Waals surface area contributed by atoms with Crippen LogP contribution in [0.1, 0.15) is 48.9 Å². The second-order valence-corrected chi connectivity index (χ2v) is 12.4. The number of nitrogens with one attached hydrogen (secondary N) is 2. The fraction of sp³-hybridized carbons (Fsp3) is 0.483. The highest BCUT2D eigenvalue weighted by Crippen LogP contribution is 2.33. The zero-order valence-electron chi connectivity index (χ0n) is 22.5. The van der Waals surface area contributed by atoms with Crippen LogP contribution in [0.25, 0.3) is 26.1 Å². The molecule has 2 aliphatic heterocycles. The molecule has 2 atom stereocenters. The quantitative estimate of drug-likeness (QED) is 0.318. The van der Waals surface area contributed by atoms with Crippen LogP contribution in [0.5, 0.6) is 0 Å². The first-order chi connectivity index (χ1) is 18.9. The average molecular weight is 567 g/mol. The summed E-state index contributed by atoms with van der Waals surface area (Å²) in [6.07, 6.45) is 6.72. The Morgan fingerprint density at radius 2 is 1.77 bits per heavy atom. The number of aromatic nitrogens is 2. The number of halogens is 1. The van der Waals surface area contributed by atoms with Crippen LogP contribution in [0.2, 0.25) is 5.02 Å². The fourth-order valence-corrected chi connectivity index (χ4v) is 7.54. The van der Waals surface area contributed by atoms with Crippen LogP contribution in [0.4, 0.5) is 5.82 Å². The van der Waals surface area contributed by atoms with E-state index >= 15 is 0 Å². The van der Waals surface area contributed by atoms with E-state index in [4.69, 9.17) is 16.6 Å². The minimum absolute atomic E-state index is 0.173. The Hall–Kier alpha value is -2.72. The van der Waals surface area contributed by atoms with Crippen LogP contribution < -0.4 is 16.1 Å². The molecule has 2 aliphatic rings. The molecule has 5 heterocycles. The summed E-state index contributed by atoms with van der Waals surface area (Å²) in [6, 6.07) is 10.3. The molecule has 2 saturated heterocycles. The molecule has 39 heavy (non-hydrogen) atoms. The van der Waals surface area contributed by atoms with Crippen LogP contribution in [0.15, 0.2) is 35.1 Å². The maximum absolute atomic E-state index is 13.8. The summed E-state index contributed by atoms with van der Waals surface area (Å²) in [7, 11) is 4.31. The monoisotopic (exact) mass is 566 g/mol. The molecule has 6 rings (SSSR count). The SMILES string of the molecule is CN1CCCC1CCNC(=O)c1c(=O)c2ccc(NCCC3CCCN3C)nc2n2c1sc1ccc(Cl)cc12. The van der Waals surface area contributed by atoms with E-state index in [0.29, 0.717) is 39.5 Å². The lowest BCUT2D eigenvalue weighted by Crippen LogP contribution is -2.34. The molecule has 8 nitrogen and oxygen atoms in total. The van der Waals surface area contributed by atoms with Crippen molar-refractivity contribution in [1.29, 1.82) is 0 Å². The highest BCUT2D eigenvalue weighted by atomic mass is 35.5. The Morgan fingerprint density at radius 1 is 1.05 bits per heavy atom. The van der Waals surface area contributed by atoms with Gasteiger partial charge in [0.05, 0.1) is 15.6 Å². The molecule has 0 saturated carbocycles. The molecule has 1 amide bonds. The summed E-state index contributed by atoms with van der Waals surface area (Å²) in [4.78, 5) is 37.5. The molecular weight excluding hydrogens is 532 g/mol. The van der Waals surface area contributed by atoms with Crippen LogP contribution in [-0.4, -0.2) is 77.4 Å². The number of rotatable bonds is 8. The Labute approximate surface area is 236 Å². The van der Waals surface area contributed by atoms with Crippen molar-refractivity contribution in [3.8, 4) is 0 Å². The molecule has 2 N–H and O–H groups in total. The van der Waals surface area contributed by atoms with E-state index in [2.05, 4.69) is 34.5 Å². The number of fused-ring (bicyclic) bond motifs is 5. The predicted molar refractivity (Wildman–Crippen MR) is 161 cm³/mol. The number of amides is 1. The van der Waals surface area contributed by atoms with Crippen LogP contribution in [-0.2, 0) is 0 Å². The Kier molecular flexibility index (Phi) is 7.50. The van der Waals surface area contributed by atoms with Crippen molar-refractivity contribution in [3.63, 3.8) is 0 Å². The van der Waals surface area contributed by atoms with Gasteiger partial charge in [0.2, 0.25) is 5.43 Å². The summed E-state index contributed by atoms with van der Waals surface area (Å²) in [5, 5.41) is 7.51. The van der Waals surface area contributed by atoms with E-state index in [9.17, 15) is 9.59 Å². The molecule has 0 aliphatic carbocycles. The topological polar surface area (TPSA) is 82.0 Å². The van der Waals surface area contributed by atoms with Gasteiger partial charge in [-0.3, -0.25) is 14.0 Å². The first kappa shape index (κ1) is 26.5. The van der Waals surface area contributed by atoms with Crippen molar-refractivity contribution in [1.82, 2.24) is 24.5 Å². The summed E-state index contributed by atoms with van der Waals surface area (Å²) < 4.78 is 2.87. The van der Waals surface area contributed by atoms with E-state index in [1.54, 1.807) is 6.07 Å². The number of carbonyl (C=O) groups excluding carboxylic acids is 1. The van der Waals surface area contributed by atoms with Gasteiger partial charge in [-0.25, -0.2) is 4.98 Å². The summed E-state index contributed by atoms with van der Waals surface area (Å²) >= 11 is 7.81. The van der Waals surface area contributed by atoms with Crippen LogP contribution >= 0.6 is 22.9 Å². The smallest absolute Gasteiger partial charge is 0.258 e. The number of pyridine rings is 2. The number of hydrogen-bond donors (Lipinski definition) is 2. The number of thiazole rings is 1. The molecule has 0 radical (unpaired) electrons. The summed E-state index contributed by atoms with van der Waals surface area (Å²) in [5.41, 5.74) is 1.26. The zero-order valence-corrected chi connectivity index (χ0v) is 24.1. The van der Waals surface area contributed by atoms with Gasteiger partial charge >= 0.3 is 0 Å². The third-order valence-electron chi connectivity index (χ3n) is 8.46. The summed E-state index contributed by atoms with van der Waals surface area (Å²) in [6.45, 7) is 3.59. The standard InChI is InChI=1S/C29H35ClN6O2S/c1-34-15-3-5-19(34)11-13-31-24-10-8-21-26(37)25(28(38)32-14-12-20-6-4-16-35(20)2)29-36(27(21)33-24)22-17-18(30)7-9-23(22)39-29/h7-10,17,19-20H,3-6,11-16H2,1-2H3,(H,31,33)(H,32,38). The number of likely N-dealkylation sites (tertiary alicyclic amines) is 2. The Bertz CT molecular complexity index is 1600. The maximum atomic E-state index is 13.8. The van der Waals surface area contributed by atoms with Gasteiger partial charge in [0, 0.05) is 30.2 Å². The lowest BCUT2D eigenvalue weighted by molar-refractivity contribution is 0.0951. The van der Waals surface area contributed by atoms with Gasteiger partial charge in [0.15, 0.2) is 5.65 Å². The molecular formula is C29H35ClN6O2S. The maximum Gasteiger partial charge on any atom is 0.258 e. The normalized spacial score (nSPS) is 20.5. The molecule has 4 aromatic rings. The molecule has 2 fully saturated rings. The van der Waals surface area contributed by atoms with Crippen molar-refractivity contribution in [2.24, 2.45) is 0 Å². The van der Waals surface area contributed by atoms with Gasteiger partial charge in [0.1, 0.15) is 16.2 Å². The van der Waals surface area contributed by atoms with Gasteiger partial charge in [0.25, 0.3) is 5.91 Å². The fourth-order valence-electron chi connectivity index (χ4n) is 6.21. The largest absolute Gasteiger partial charge is 0.370 e. The lowest BCUT2D eigenvalue weighted by Gasteiger charge is -2.19. The summed E-state index contributed by atoms with van der Waals surface area (Å²) in [5.74, 6) is 0.385. The predicted octanol–water partition coefficient (Wildman–Crippen LogP) is 4.83. The van der Waals surface area contributed by atoms with E-state index in [1.807, 2.05) is 28.7 Å². The average Bonchev–Trinajstić information content (AvgIpc) is 3.62. The van der Waals surface area contributed by atoms with E-state index in [-0.39, 0.29) is 16.9 Å². The molecule has 10 heteroatoms. The van der Waals surface area contributed by atoms with E-state index in [0.717, 1.165) is 54.9 Å². The van der Waals surface area contributed by atoms with Gasteiger partial charge in [-0.1, -0.05) is 11.6 Å². The lowest BCUT2D eigenvalue weighted by atomic mass is 10.1. The van der Waals surface area contributed by atoms with Gasteiger partial charge in [-0.05, 0) is 96.0 Å². The second-order valence-electron chi connectivity index (χ2n) is 10.9. The molecule has 206 valence electrons. The third kappa shape index (κ3) is 5.13. The first-order valence-electron chi connectivity index (χ1n) is 13.9. The van der Waals surface area contributed by atoms with Crippen molar-refractivity contribution in [2.75, 3.05) is 45.6 Å². The highest BCUT2D eigenvalue weighted by molar-refractivity contribution is 7.24. The van der Waals surface area contributed by atoms with Crippen LogP contribution in [0, 0.1) is 0 Å².